The molecule has 1 aliphatic rings. The highest BCUT2D eigenvalue weighted by atomic mass is 15.1. The molecule has 1 rings (SSSR count). The molecule has 11 heavy (non-hydrogen) atoms. The maximum Gasteiger partial charge on any atom is 0.0506 e. The molecule has 0 fully saturated rings. The molecule has 62 valence electrons. The molecule has 0 aliphatic carbocycles. The van der Waals surface area contributed by atoms with E-state index in [9.17, 15) is 0 Å². The molecule has 1 atom stereocenters. The zero-order chi connectivity index (χ0) is 8.27. The average molecular weight is 151 g/mol. The normalized spacial score (nSPS) is 27.0. The van der Waals surface area contributed by atoms with Gasteiger partial charge in [0.05, 0.1) is 6.04 Å². The predicted molar refractivity (Wildman–Crippen MR) is 49.4 cm³/mol. The van der Waals surface area contributed by atoms with Gasteiger partial charge in [0.25, 0.3) is 0 Å². The minimum absolute atomic E-state index is 0.597. The molecular formula is C10H17N. The first-order chi connectivity index (χ1) is 5.29. The van der Waals surface area contributed by atoms with Crippen LogP contribution in [0.3, 0.4) is 0 Å². The van der Waals surface area contributed by atoms with E-state index in [2.05, 4.69) is 44.0 Å². The van der Waals surface area contributed by atoms with Crippen molar-refractivity contribution < 1.29 is 0 Å². The number of hydrogen-bond donors (Lipinski definition) is 0. The summed E-state index contributed by atoms with van der Waals surface area (Å²) in [6, 6.07) is 0.597. The molecule has 0 saturated heterocycles. The van der Waals surface area contributed by atoms with E-state index in [1.807, 2.05) is 0 Å². The Morgan fingerprint density at radius 2 is 2.36 bits per heavy atom. The lowest BCUT2D eigenvalue weighted by molar-refractivity contribution is 0.345. The molecule has 0 aromatic carbocycles. The Morgan fingerprint density at radius 1 is 1.64 bits per heavy atom. The molecular weight excluding hydrogens is 134 g/mol. The Bertz CT molecular complexity index is 179. The summed E-state index contributed by atoms with van der Waals surface area (Å²) < 4.78 is 0. The van der Waals surface area contributed by atoms with E-state index < -0.39 is 0 Å². The van der Waals surface area contributed by atoms with Gasteiger partial charge in [-0.25, -0.2) is 0 Å². The van der Waals surface area contributed by atoms with Crippen molar-refractivity contribution in [1.29, 1.82) is 0 Å². The molecule has 1 heterocycles. The van der Waals surface area contributed by atoms with Gasteiger partial charge in [-0.2, -0.15) is 0 Å². The van der Waals surface area contributed by atoms with Crippen LogP contribution in [0.5, 0.6) is 0 Å². The van der Waals surface area contributed by atoms with Gasteiger partial charge in [-0.15, -0.1) is 0 Å². The topological polar surface area (TPSA) is 3.24 Å². The van der Waals surface area contributed by atoms with Crippen molar-refractivity contribution in [2.45, 2.75) is 33.2 Å². The van der Waals surface area contributed by atoms with Gasteiger partial charge in [0.15, 0.2) is 0 Å². The molecule has 0 bridgehead atoms. The van der Waals surface area contributed by atoms with E-state index >= 15 is 0 Å². The number of allylic oxidation sites excluding steroid dienone is 1. The van der Waals surface area contributed by atoms with Crippen molar-refractivity contribution in [2.75, 3.05) is 6.54 Å². The van der Waals surface area contributed by atoms with E-state index in [1.165, 1.54) is 18.5 Å². The highest BCUT2D eigenvalue weighted by Gasteiger charge is 2.16. The molecule has 0 aromatic heterocycles. The number of nitrogens with zero attached hydrogens (tertiary/aromatic N) is 1. The SMILES string of the molecule is C/C=C1/C=CN(CCC)C1C. The van der Waals surface area contributed by atoms with Crippen LogP contribution in [0, 0.1) is 0 Å². The van der Waals surface area contributed by atoms with E-state index in [4.69, 9.17) is 0 Å². The highest BCUT2D eigenvalue weighted by Crippen LogP contribution is 2.19. The first-order valence-corrected chi connectivity index (χ1v) is 4.39. The van der Waals surface area contributed by atoms with Crippen LogP contribution in [0.15, 0.2) is 23.9 Å². The Morgan fingerprint density at radius 3 is 2.82 bits per heavy atom. The lowest BCUT2D eigenvalue weighted by atomic mass is 10.1. The van der Waals surface area contributed by atoms with Crippen molar-refractivity contribution >= 4 is 0 Å². The van der Waals surface area contributed by atoms with Crippen molar-refractivity contribution in [3.63, 3.8) is 0 Å². The van der Waals surface area contributed by atoms with Crippen LogP contribution in [-0.2, 0) is 0 Å². The zero-order valence-electron chi connectivity index (χ0n) is 7.67. The lowest BCUT2D eigenvalue weighted by Gasteiger charge is -2.22. The summed E-state index contributed by atoms with van der Waals surface area (Å²) in [7, 11) is 0. The van der Waals surface area contributed by atoms with Crippen molar-refractivity contribution in [3.05, 3.63) is 23.9 Å². The predicted octanol–water partition coefficient (Wildman–Crippen LogP) is 2.56. The second-order valence-electron chi connectivity index (χ2n) is 3.02. The summed E-state index contributed by atoms with van der Waals surface area (Å²) >= 11 is 0. The molecule has 1 aliphatic heterocycles. The van der Waals surface area contributed by atoms with E-state index in [0.29, 0.717) is 6.04 Å². The molecule has 1 heteroatoms. The summed E-state index contributed by atoms with van der Waals surface area (Å²) in [5.41, 5.74) is 1.44. The average Bonchev–Trinajstić information content (AvgIpc) is 2.34. The quantitative estimate of drug-likeness (QED) is 0.586. The van der Waals surface area contributed by atoms with Crippen LogP contribution in [0.2, 0.25) is 0 Å². The third-order valence-corrected chi connectivity index (χ3v) is 2.25. The highest BCUT2D eigenvalue weighted by molar-refractivity contribution is 5.29. The Hall–Kier alpha value is -0.720. The van der Waals surface area contributed by atoms with Crippen molar-refractivity contribution in [1.82, 2.24) is 4.90 Å². The van der Waals surface area contributed by atoms with Crippen LogP contribution in [-0.4, -0.2) is 17.5 Å². The van der Waals surface area contributed by atoms with Crippen LogP contribution in [0.1, 0.15) is 27.2 Å². The second-order valence-corrected chi connectivity index (χ2v) is 3.02. The fraction of sp³-hybridized carbons (Fsp3) is 0.600. The Kier molecular flexibility index (Phi) is 2.75. The smallest absolute Gasteiger partial charge is 0.0506 e. The first kappa shape index (κ1) is 8.38. The van der Waals surface area contributed by atoms with Crippen LogP contribution < -0.4 is 0 Å². The van der Waals surface area contributed by atoms with E-state index in [0.717, 1.165) is 0 Å². The monoisotopic (exact) mass is 151 g/mol. The zero-order valence-corrected chi connectivity index (χ0v) is 7.67. The molecule has 0 amide bonds. The molecule has 1 unspecified atom stereocenters. The van der Waals surface area contributed by atoms with Gasteiger partial charge in [0.2, 0.25) is 0 Å². The van der Waals surface area contributed by atoms with E-state index in [-0.39, 0.29) is 0 Å². The third-order valence-electron chi connectivity index (χ3n) is 2.25. The van der Waals surface area contributed by atoms with Gasteiger partial charge >= 0.3 is 0 Å². The summed E-state index contributed by atoms with van der Waals surface area (Å²) in [6.45, 7) is 7.75. The largest absolute Gasteiger partial charge is 0.371 e. The minimum atomic E-state index is 0.597. The Balaban J connectivity index is 2.56. The molecule has 0 saturated carbocycles. The maximum absolute atomic E-state index is 2.38. The molecule has 0 N–H and O–H groups in total. The van der Waals surface area contributed by atoms with Gasteiger partial charge in [-0.05, 0) is 38.1 Å². The van der Waals surface area contributed by atoms with Crippen LogP contribution in [0.4, 0.5) is 0 Å². The first-order valence-electron chi connectivity index (χ1n) is 4.39. The van der Waals surface area contributed by atoms with Crippen LogP contribution >= 0.6 is 0 Å². The van der Waals surface area contributed by atoms with Gasteiger partial charge in [-0.3, -0.25) is 0 Å². The number of hydrogen-bond acceptors (Lipinski definition) is 1. The molecule has 0 radical (unpaired) electrons. The van der Waals surface area contributed by atoms with Crippen molar-refractivity contribution in [2.24, 2.45) is 0 Å². The van der Waals surface area contributed by atoms with Gasteiger partial charge in [0.1, 0.15) is 0 Å². The fourth-order valence-corrected chi connectivity index (χ4v) is 1.51. The molecule has 0 spiro atoms. The minimum Gasteiger partial charge on any atom is -0.371 e. The fourth-order valence-electron chi connectivity index (χ4n) is 1.51. The summed E-state index contributed by atoms with van der Waals surface area (Å²) in [5.74, 6) is 0. The van der Waals surface area contributed by atoms with Crippen LogP contribution in [0.25, 0.3) is 0 Å². The second kappa shape index (κ2) is 3.61. The summed E-state index contributed by atoms with van der Waals surface area (Å²) in [6.07, 6.45) is 7.83. The van der Waals surface area contributed by atoms with Gasteiger partial charge in [-0.1, -0.05) is 13.0 Å². The van der Waals surface area contributed by atoms with Gasteiger partial charge < -0.3 is 4.90 Å². The van der Waals surface area contributed by atoms with E-state index in [1.54, 1.807) is 0 Å². The summed E-state index contributed by atoms with van der Waals surface area (Å²) in [4.78, 5) is 2.38. The number of rotatable bonds is 2. The Labute approximate surface area is 69.4 Å². The summed E-state index contributed by atoms with van der Waals surface area (Å²) in [5, 5.41) is 0. The van der Waals surface area contributed by atoms with Gasteiger partial charge in [0, 0.05) is 6.54 Å². The standard InChI is InChI=1S/C10H17N/c1-4-7-11-8-6-10(5-2)9(11)3/h5-6,8-9H,4,7H2,1-3H3/b10-5-. The van der Waals surface area contributed by atoms with Crippen molar-refractivity contribution in [3.8, 4) is 0 Å². The third kappa shape index (κ3) is 1.65. The molecule has 0 aromatic rings. The lowest BCUT2D eigenvalue weighted by Crippen LogP contribution is -2.25. The molecule has 1 nitrogen and oxygen atoms in total. The maximum atomic E-state index is 2.38.